The lowest BCUT2D eigenvalue weighted by Gasteiger charge is -2.31. The lowest BCUT2D eigenvalue weighted by molar-refractivity contribution is -0.133. The minimum atomic E-state index is -0.834. The van der Waals surface area contributed by atoms with Crippen LogP contribution in [0.25, 0.3) is 11.0 Å². The zero-order valence-electron chi connectivity index (χ0n) is 29.7. The van der Waals surface area contributed by atoms with Crippen LogP contribution in [0.5, 0.6) is 5.75 Å². The summed E-state index contributed by atoms with van der Waals surface area (Å²) < 4.78 is 30.1. The van der Waals surface area contributed by atoms with Crippen LogP contribution >= 0.6 is 0 Å². The summed E-state index contributed by atoms with van der Waals surface area (Å²) in [5.41, 5.74) is 5.29. The number of pyridine rings is 1. The highest BCUT2D eigenvalue weighted by Crippen LogP contribution is 2.39. The summed E-state index contributed by atoms with van der Waals surface area (Å²) in [7, 11) is 0. The fraction of sp³-hybridized carbons (Fsp3) is 0.375. The molecular formula is C40H43FN6O4. The van der Waals surface area contributed by atoms with Crippen molar-refractivity contribution >= 4 is 23.0 Å². The number of aryl methyl sites for hydroxylation is 2. The summed E-state index contributed by atoms with van der Waals surface area (Å²) >= 11 is 0. The van der Waals surface area contributed by atoms with E-state index in [9.17, 15) is 9.59 Å². The summed E-state index contributed by atoms with van der Waals surface area (Å²) in [4.78, 5) is 35.8. The SMILES string of the molecule is CCn1nnc2c(F)c([C@H](c3ccc(C)c(CN4Cc5ncccc5OC(C)(C)C4)c3)[C@@H](C)C(=O)N3C(=O)OC[C@H]3Cc3ccccc3)ccc21. The molecule has 4 heterocycles. The monoisotopic (exact) mass is 690 g/mol. The molecular weight excluding hydrogens is 647 g/mol. The number of aromatic nitrogens is 4. The lowest BCUT2D eigenvalue weighted by Crippen LogP contribution is -2.44. The molecule has 3 aromatic carbocycles. The van der Waals surface area contributed by atoms with Gasteiger partial charge in [0.1, 0.15) is 23.5 Å². The van der Waals surface area contributed by atoms with Crippen molar-refractivity contribution in [2.24, 2.45) is 5.92 Å². The Balaban J connectivity index is 1.27. The van der Waals surface area contributed by atoms with Gasteiger partial charge in [0, 0.05) is 44.2 Å². The molecule has 5 aromatic rings. The molecule has 51 heavy (non-hydrogen) atoms. The third kappa shape index (κ3) is 6.82. The molecule has 1 saturated heterocycles. The third-order valence-electron chi connectivity index (χ3n) is 10.0. The van der Waals surface area contributed by atoms with Gasteiger partial charge in [-0.2, -0.15) is 0 Å². The summed E-state index contributed by atoms with van der Waals surface area (Å²) in [5, 5.41) is 8.32. The molecule has 1 fully saturated rings. The first kappa shape index (κ1) is 34.3. The van der Waals surface area contributed by atoms with Crippen LogP contribution in [-0.4, -0.2) is 66.6 Å². The zero-order chi connectivity index (χ0) is 35.9. The molecule has 2 amide bonds. The Labute approximate surface area is 297 Å². The Hall–Kier alpha value is -5.16. The molecule has 3 atom stereocenters. The summed E-state index contributed by atoms with van der Waals surface area (Å²) in [6.07, 6.45) is 1.55. The first-order valence-electron chi connectivity index (χ1n) is 17.5. The number of carbonyl (C=O) groups excluding carboxylic acids is 2. The Morgan fingerprint density at radius 1 is 1.08 bits per heavy atom. The van der Waals surface area contributed by atoms with Crippen LogP contribution in [0, 0.1) is 18.7 Å². The fourth-order valence-corrected chi connectivity index (χ4v) is 7.54. The van der Waals surface area contributed by atoms with Crippen LogP contribution in [0.1, 0.15) is 67.1 Å². The summed E-state index contributed by atoms with van der Waals surface area (Å²) in [6.45, 7) is 12.3. The molecule has 264 valence electrons. The average molecular weight is 691 g/mol. The first-order chi connectivity index (χ1) is 24.5. The molecule has 7 rings (SSSR count). The second-order valence-corrected chi connectivity index (χ2v) is 14.3. The molecule has 2 aliphatic rings. The third-order valence-corrected chi connectivity index (χ3v) is 10.0. The Kier molecular flexibility index (Phi) is 9.32. The van der Waals surface area contributed by atoms with E-state index in [2.05, 4.69) is 47.0 Å². The lowest BCUT2D eigenvalue weighted by atomic mass is 9.79. The number of hydrogen-bond acceptors (Lipinski definition) is 8. The second kappa shape index (κ2) is 13.9. The molecule has 11 heteroatoms. The maximum atomic E-state index is 16.7. The van der Waals surface area contributed by atoms with E-state index in [0.717, 1.165) is 33.7 Å². The van der Waals surface area contributed by atoms with Gasteiger partial charge in [0.15, 0.2) is 5.82 Å². The van der Waals surface area contributed by atoms with Crippen molar-refractivity contribution in [3.05, 3.63) is 118 Å². The molecule has 0 unspecified atom stereocenters. The number of rotatable bonds is 9. The maximum Gasteiger partial charge on any atom is 0.416 e. The van der Waals surface area contributed by atoms with Gasteiger partial charge in [-0.25, -0.2) is 18.8 Å². The molecule has 0 spiro atoms. The van der Waals surface area contributed by atoms with Crippen LogP contribution in [-0.2, 0) is 35.6 Å². The van der Waals surface area contributed by atoms with Crippen molar-refractivity contribution in [3.63, 3.8) is 0 Å². The van der Waals surface area contributed by atoms with E-state index in [4.69, 9.17) is 9.47 Å². The van der Waals surface area contributed by atoms with Gasteiger partial charge in [-0.1, -0.05) is 66.7 Å². The fourth-order valence-electron chi connectivity index (χ4n) is 7.54. The van der Waals surface area contributed by atoms with Crippen molar-refractivity contribution in [3.8, 4) is 5.75 Å². The molecule has 0 saturated carbocycles. The number of cyclic esters (lactones) is 1. The van der Waals surface area contributed by atoms with E-state index >= 15 is 4.39 Å². The normalized spacial score (nSPS) is 18.5. The quantitative estimate of drug-likeness (QED) is 0.166. The molecule has 0 aliphatic carbocycles. The van der Waals surface area contributed by atoms with Crippen molar-refractivity contribution in [1.29, 1.82) is 0 Å². The number of carbonyl (C=O) groups is 2. The predicted octanol–water partition coefficient (Wildman–Crippen LogP) is 6.83. The average Bonchev–Trinajstić information content (AvgIpc) is 3.67. The highest BCUT2D eigenvalue weighted by Gasteiger charge is 2.43. The van der Waals surface area contributed by atoms with Crippen LogP contribution in [0.15, 0.2) is 79.0 Å². The topological polar surface area (TPSA) is 103 Å². The predicted molar refractivity (Wildman–Crippen MR) is 191 cm³/mol. The van der Waals surface area contributed by atoms with E-state index in [0.29, 0.717) is 43.7 Å². The first-order valence-corrected chi connectivity index (χ1v) is 17.5. The number of halogens is 1. The van der Waals surface area contributed by atoms with Gasteiger partial charge in [-0.3, -0.25) is 14.7 Å². The van der Waals surface area contributed by atoms with Gasteiger partial charge in [0.05, 0.1) is 17.3 Å². The highest BCUT2D eigenvalue weighted by molar-refractivity contribution is 5.95. The summed E-state index contributed by atoms with van der Waals surface area (Å²) in [6, 6.07) is 22.6. The smallest absolute Gasteiger partial charge is 0.416 e. The van der Waals surface area contributed by atoms with Gasteiger partial charge >= 0.3 is 6.09 Å². The Morgan fingerprint density at radius 3 is 2.67 bits per heavy atom. The number of benzene rings is 3. The van der Waals surface area contributed by atoms with Crippen molar-refractivity contribution in [2.75, 3.05) is 13.2 Å². The van der Waals surface area contributed by atoms with Crippen LogP contribution in [0.4, 0.5) is 9.18 Å². The van der Waals surface area contributed by atoms with E-state index < -0.39 is 41.3 Å². The van der Waals surface area contributed by atoms with E-state index in [1.54, 1.807) is 23.9 Å². The minimum Gasteiger partial charge on any atom is -0.485 e. The number of nitrogens with zero attached hydrogens (tertiary/aromatic N) is 6. The van der Waals surface area contributed by atoms with Gasteiger partial charge < -0.3 is 9.47 Å². The Bertz CT molecular complexity index is 2080. The molecule has 2 aliphatic heterocycles. The van der Waals surface area contributed by atoms with E-state index in [1.165, 1.54) is 4.90 Å². The standard InChI is InChI=1S/C40H43FN6O4/c1-6-46-33-17-16-31(36(41)37(33)43-44-46)35(26(3)38(48)47-30(23-50-39(47)49)19-27-11-8-7-9-12-27)28-15-14-25(2)29(20-28)21-45-22-32-34(13-10-18-42-32)51-40(4,5)24-45/h7-18,20,26,30,35H,6,19,21-24H2,1-5H3/t26-,30-,35+/m1/s1. The summed E-state index contributed by atoms with van der Waals surface area (Å²) in [5.74, 6) is -1.75. The number of hydrogen-bond donors (Lipinski definition) is 0. The largest absolute Gasteiger partial charge is 0.485 e. The van der Waals surface area contributed by atoms with Crippen LogP contribution < -0.4 is 4.74 Å². The van der Waals surface area contributed by atoms with Gasteiger partial charge in [-0.05, 0) is 80.1 Å². The molecule has 0 N–H and O–H groups in total. The minimum absolute atomic E-state index is 0.0971. The van der Waals surface area contributed by atoms with Crippen LogP contribution in [0.2, 0.25) is 0 Å². The van der Waals surface area contributed by atoms with Crippen molar-refractivity contribution < 1.29 is 23.5 Å². The van der Waals surface area contributed by atoms with Crippen molar-refractivity contribution in [2.45, 2.75) is 78.2 Å². The van der Waals surface area contributed by atoms with Gasteiger partial charge in [0.2, 0.25) is 5.91 Å². The number of ether oxygens (including phenoxy) is 2. The second-order valence-electron chi connectivity index (χ2n) is 14.3. The van der Waals surface area contributed by atoms with E-state index in [1.807, 2.05) is 67.6 Å². The van der Waals surface area contributed by atoms with Gasteiger partial charge in [-0.15, -0.1) is 5.10 Å². The van der Waals surface area contributed by atoms with E-state index in [-0.39, 0.29) is 12.1 Å². The molecule has 0 bridgehead atoms. The van der Waals surface area contributed by atoms with Crippen LogP contribution in [0.3, 0.4) is 0 Å². The number of imide groups is 1. The molecule has 2 aromatic heterocycles. The maximum absolute atomic E-state index is 16.7. The van der Waals surface area contributed by atoms with Crippen molar-refractivity contribution in [1.82, 2.24) is 29.8 Å². The number of amides is 2. The Morgan fingerprint density at radius 2 is 1.88 bits per heavy atom. The highest BCUT2D eigenvalue weighted by atomic mass is 19.1. The molecule has 10 nitrogen and oxygen atoms in total. The molecule has 0 radical (unpaired) electrons. The number of fused-ring (bicyclic) bond motifs is 2. The van der Waals surface area contributed by atoms with Gasteiger partial charge in [0.25, 0.3) is 0 Å². The zero-order valence-corrected chi connectivity index (χ0v) is 29.7.